The lowest BCUT2D eigenvalue weighted by Crippen LogP contribution is -2.19. The molecule has 0 saturated heterocycles. The minimum absolute atomic E-state index is 0.0517. The van der Waals surface area contributed by atoms with Gasteiger partial charge in [0.25, 0.3) is 5.91 Å². The van der Waals surface area contributed by atoms with Crippen LogP contribution in [-0.4, -0.2) is 16.7 Å². The van der Waals surface area contributed by atoms with E-state index in [4.69, 9.17) is 11.6 Å². The van der Waals surface area contributed by atoms with Gasteiger partial charge in [0.2, 0.25) is 0 Å². The van der Waals surface area contributed by atoms with Gasteiger partial charge in [-0.05, 0) is 53.2 Å². The van der Waals surface area contributed by atoms with E-state index in [9.17, 15) is 9.90 Å². The summed E-state index contributed by atoms with van der Waals surface area (Å²) in [4.78, 5) is 12.0. The third kappa shape index (κ3) is 3.83. The molecule has 0 saturated carbocycles. The minimum atomic E-state index is -0.344. The van der Waals surface area contributed by atoms with Crippen molar-refractivity contribution in [3.63, 3.8) is 0 Å². The average molecular weight is 368 g/mol. The van der Waals surface area contributed by atoms with Crippen molar-refractivity contribution in [2.24, 2.45) is 5.10 Å². The molecule has 21 heavy (non-hydrogen) atoms. The van der Waals surface area contributed by atoms with Crippen molar-refractivity contribution < 1.29 is 9.90 Å². The molecule has 2 rings (SSSR count). The number of rotatable bonds is 3. The first-order chi connectivity index (χ1) is 9.99. The zero-order valence-electron chi connectivity index (χ0n) is 11.1. The molecule has 0 aliphatic carbocycles. The number of aromatic hydroxyl groups is 1. The number of carbonyl (C=O) groups is 1. The first kappa shape index (κ1) is 15.5. The molecule has 0 radical (unpaired) electrons. The predicted octanol–water partition coefficient (Wildman–Crippen LogP) is 3.96. The van der Waals surface area contributed by atoms with E-state index in [1.165, 1.54) is 6.07 Å². The molecule has 6 heteroatoms. The SMILES string of the molecule is C/C(=N\NC(=O)c1ccccc1Br)c1cc(Cl)ccc1O. The van der Waals surface area contributed by atoms with Gasteiger partial charge in [0.1, 0.15) is 5.75 Å². The van der Waals surface area contributed by atoms with E-state index in [0.717, 1.165) is 0 Å². The summed E-state index contributed by atoms with van der Waals surface area (Å²) < 4.78 is 0.681. The highest BCUT2D eigenvalue weighted by Crippen LogP contribution is 2.22. The van der Waals surface area contributed by atoms with E-state index in [0.29, 0.717) is 26.3 Å². The fraction of sp³-hybridized carbons (Fsp3) is 0.0667. The Balaban J connectivity index is 2.19. The number of benzene rings is 2. The Morgan fingerprint density at radius 3 is 2.67 bits per heavy atom. The van der Waals surface area contributed by atoms with Crippen LogP contribution in [0.25, 0.3) is 0 Å². The Labute approximate surface area is 135 Å². The molecule has 2 aromatic rings. The van der Waals surface area contributed by atoms with Gasteiger partial charge in [0.05, 0.1) is 11.3 Å². The summed E-state index contributed by atoms with van der Waals surface area (Å²) in [7, 11) is 0. The number of hydrazone groups is 1. The maximum atomic E-state index is 12.0. The molecule has 0 aliphatic rings. The molecule has 1 amide bonds. The van der Waals surface area contributed by atoms with Crippen molar-refractivity contribution in [1.82, 2.24) is 5.43 Å². The molecule has 2 N–H and O–H groups in total. The number of amides is 1. The van der Waals surface area contributed by atoms with Crippen LogP contribution in [0.3, 0.4) is 0 Å². The fourth-order valence-corrected chi connectivity index (χ4v) is 2.34. The second kappa shape index (κ2) is 6.74. The molecule has 0 aliphatic heterocycles. The molecular weight excluding hydrogens is 356 g/mol. The number of carbonyl (C=O) groups excluding carboxylic acids is 1. The van der Waals surface area contributed by atoms with Crippen LogP contribution in [-0.2, 0) is 0 Å². The fourth-order valence-electron chi connectivity index (χ4n) is 1.70. The van der Waals surface area contributed by atoms with Crippen molar-refractivity contribution in [2.45, 2.75) is 6.92 Å². The van der Waals surface area contributed by atoms with Crippen LogP contribution in [0.5, 0.6) is 5.75 Å². The monoisotopic (exact) mass is 366 g/mol. The predicted molar refractivity (Wildman–Crippen MR) is 86.9 cm³/mol. The van der Waals surface area contributed by atoms with E-state index in [2.05, 4.69) is 26.5 Å². The first-order valence-electron chi connectivity index (χ1n) is 6.07. The van der Waals surface area contributed by atoms with Gasteiger partial charge in [-0.1, -0.05) is 23.7 Å². The van der Waals surface area contributed by atoms with Crippen LogP contribution in [0.1, 0.15) is 22.8 Å². The van der Waals surface area contributed by atoms with E-state index in [1.54, 1.807) is 37.3 Å². The number of hydrogen-bond donors (Lipinski definition) is 2. The Bertz CT molecular complexity index is 717. The molecule has 108 valence electrons. The smallest absolute Gasteiger partial charge is 0.272 e. The molecule has 0 atom stereocenters. The van der Waals surface area contributed by atoms with Crippen molar-refractivity contribution in [3.05, 3.63) is 63.1 Å². The highest BCUT2D eigenvalue weighted by atomic mass is 79.9. The molecule has 0 aromatic heterocycles. The van der Waals surface area contributed by atoms with Gasteiger partial charge >= 0.3 is 0 Å². The highest BCUT2D eigenvalue weighted by molar-refractivity contribution is 9.10. The summed E-state index contributed by atoms with van der Waals surface area (Å²) >= 11 is 9.18. The standard InChI is InChI=1S/C15H12BrClN2O2/c1-9(12-8-10(17)6-7-14(12)20)18-19-15(21)11-4-2-3-5-13(11)16/h2-8,20H,1H3,(H,19,21)/b18-9+. The van der Waals surface area contributed by atoms with Gasteiger partial charge in [0.15, 0.2) is 0 Å². The third-order valence-corrected chi connectivity index (χ3v) is 3.72. The lowest BCUT2D eigenvalue weighted by atomic mass is 10.1. The Kier molecular flexibility index (Phi) is 4.98. The average Bonchev–Trinajstić information content (AvgIpc) is 2.47. The van der Waals surface area contributed by atoms with Gasteiger partial charge in [-0.3, -0.25) is 4.79 Å². The number of hydrogen-bond acceptors (Lipinski definition) is 3. The van der Waals surface area contributed by atoms with Crippen molar-refractivity contribution in [2.75, 3.05) is 0 Å². The lowest BCUT2D eigenvalue weighted by Gasteiger charge is -2.06. The molecule has 0 fully saturated rings. The van der Waals surface area contributed by atoms with Crippen molar-refractivity contribution >= 4 is 39.1 Å². The zero-order valence-corrected chi connectivity index (χ0v) is 13.4. The largest absolute Gasteiger partial charge is 0.507 e. The number of nitrogens with one attached hydrogen (secondary N) is 1. The highest BCUT2D eigenvalue weighted by Gasteiger charge is 2.10. The Morgan fingerprint density at radius 1 is 1.24 bits per heavy atom. The zero-order chi connectivity index (χ0) is 15.4. The number of phenols is 1. The van der Waals surface area contributed by atoms with Crippen LogP contribution in [0.2, 0.25) is 5.02 Å². The van der Waals surface area contributed by atoms with E-state index in [-0.39, 0.29) is 11.7 Å². The van der Waals surface area contributed by atoms with Crippen molar-refractivity contribution in [3.8, 4) is 5.75 Å². The summed E-state index contributed by atoms with van der Waals surface area (Å²) in [6, 6.07) is 11.7. The number of halogens is 2. The van der Waals surface area contributed by atoms with Crippen LogP contribution in [0, 0.1) is 0 Å². The van der Waals surface area contributed by atoms with E-state index in [1.807, 2.05) is 6.07 Å². The Hall–Kier alpha value is -1.85. The van der Waals surface area contributed by atoms with Gasteiger partial charge in [-0.2, -0.15) is 5.10 Å². The van der Waals surface area contributed by atoms with Crippen molar-refractivity contribution in [1.29, 1.82) is 0 Å². The van der Waals surface area contributed by atoms with Gasteiger partial charge < -0.3 is 5.11 Å². The van der Waals surface area contributed by atoms with E-state index < -0.39 is 0 Å². The quantitative estimate of drug-likeness (QED) is 0.637. The maximum absolute atomic E-state index is 12.0. The number of nitrogens with zero attached hydrogens (tertiary/aromatic N) is 1. The normalized spacial score (nSPS) is 11.3. The summed E-state index contributed by atoms with van der Waals surface area (Å²) in [6.07, 6.45) is 0. The minimum Gasteiger partial charge on any atom is -0.507 e. The van der Waals surface area contributed by atoms with Gasteiger partial charge in [-0.25, -0.2) is 5.43 Å². The summed E-state index contributed by atoms with van der Waals surface area (Å²) in [5.41, 5.74) is 3.85. The van der Waals surface area contributed by atoms with E-state index >= 15 is 0 Å². The second-order valence-corrected chi connectivity index (χ2v) is 5.57. The molecule has 0 heterocycles. The van der Waals surface area contributed by atoms with Crippen LogP contribution in [0.4, 0.5) is 0 Å². The van der Waals surface area contributed by atoms with Crippen LogP contribution in [0.15, 0.2) is 52.0 Å². The molecule has 0 bridgehead atoms. The third-order valence-electron chi connectivity index (χ3n) is 2.79. The maximum Gasteiger partial charge on any atom is 0.272 e. The molecule has 0 spiro atoms. The van der Waals surface area contributed by atoms with Crippen LogP contribution >= 0.6 is 27.5 Å². The van der Waals surface area contributed by atoms with Gasteiger partial charge in [-0.15, -0.1) is 0 Å². The molecule has 0 unspecified atom stereocenters. The Morgan fingerprint density at radius 2 is 1.95 bits per heavy atom. The first-order valence-corrected chi connectivity index (χ1v) is 7.24. The topological polar surface area (TPSA) is 61.7 Å². The lowest BCUT2D eigenvalue weighted by molar-refractivity contribution is 0.0954. The number of phenolic OH excluding ortho intramolecular Hbond substituents is 1. The van der Waals surface area contributed by atoms with Crippen LogP contribution < -0.4 is 5.43 Å². The summed E-state index contributed by atoms with van der Waals surface area (Å²) in [5, 5.41) is 14.2. The molecule has 2 aromatic carbocycles. The summed E-state index contributed by atoms with van der Waals surface area (Å²) in [6.45, 7) is 1.67. The molecule has 4 nitrogen and oxygen atoms in total. The van der Waals surface area contributed by atoms with Gasteiger partial charge in [0, 0.05) is 15.1 Å². The second-order valence-electron chi connectivity index (χ2n) is 4.28. The molecular formula is C15H12BrClN2O2. The summed E-state index contributed by atoms with van der Waals surface area (Å²) in [5.74, 6) is -0.292.